The second kappa shape index (κ2) is 12.6. The molecule has 2 aromatic carbocycles. The van der Waals surface area contributed by atoms with Gasteiger partial charge >= 0.3 is 24.0 Å². The highest BCUT2D eigenvalue weighted by Crippen LogP contribution is 2.30. The minimum Gasteiger partial charge on any atom is -0.465 e. The van der Waals surface area contributed by atoms with Crippen LogP contribution in [0.3, 0.4) is 0 Å². The summed E-state index contributed by atoms with van der Waals surface area (Å²) in [6.07, 6.45) is 0. The van der Waals surface area contributed by atoms with Crippen molar-refractivity contribution in [3.8, 4) is 0 Å². The quantitative estimate of drug-likeness (QED) is 0.302. The topological polar surface area (TPSA) is 134 Å². The first-order valence-corrected chi connectivity index (χ1v) is 14.0. The summed E-state index contributed by atoms with van der Waals surface area (Å²) in [5.74, 6) is -2.33. The van der Waals surface area contributed by atoms with Gasteiger partial charge in [0.25, 0.3) is 11.8 Å². The molecule has 2 aliphatic heterocycles. The molecule has 2 saturated heterocycles. The fraction of sp³-hybridized carbons (Fsp3) is 0.419. The predicted molar refractivity (Wildman–Crippen MR) is 153 cm³/mol. The number of nitrogens with zero attached hydrogens (tertiary/aromatic N) is 4. The van der Waals surface area contributed by atoms with E-state index in [-0.39, 0.29) is 31.6 Å². The zero-order valence-electron chi connectivity index (χ0n) is 25.1. The lowest BCUT2D eigenvalue weighted by atomic mass is 10.0. The molecule has 0 N–H and O–H groups in total. The van der Waals surface area contributed by atoms with E-state index in [0.717, 1.165) is 9.80 Å². The van der Waals surface area contributed by atoms with Crippen molar-refractivity contribution in [1.82, 2.24) is 19.6 Å². The molecular weight excluding hydrogens is 556 g/mol. The van der Waals surface area contributed by atoms with Gasteiger partial charge in [-0.25, -0.2) is 19.2 Å². The summed E-state index contributed by atoms with van der Waals surface area (Å²) < 4.78 is 9.44. The lowest BCUT2D eigenvalue weighted by Crippen LogP contribution is -2.50. The van der Waals surface area contributed by atoms with Crippen molar-refractivity contribution in [2.75, 3.05) is 20.9 Å². The Bertz CT molecular complexity index is 1310. The molecule has 2 aliphatic rings. The molecule has 2 heterocycles. The van der Waals surface area contributed by atoms with Gasteiger partial charge in [-0.05, 0) is 47.2 Å². The number of hydrogen-bond donors (Lipinski definition) is 0. The van der Waals surface area contributed by atoms with Gasteiger partial charge < -0.3 is 9.47 Å². The van der Waals surface area contributed by atoms with Crippen LogP contribution in [0.1, 0.15) is 59.5 Å². The Kier molecular flexibility index (Phi) is 9.17. The van der Waals surface area contributed by atoms with Gasteiger partial charge in [0.1, 0.15) is 18.8 Å². The smallest absolute Gasteiger partial charge is 0.337 e. The summed E-state index contributed by atoms with van der Waals surface area (Å²) in [4.78, 5) is 82.9. The predicted octanol–water partition coefficient (Wildman–Crippen LogP) is 3.50. The summed E-state index contributed by atoms with van der Waals surface area (Å²) in [7, 11) is 2.56. The molecule has 2 atom stereocenters. The van der Waals surface area contributed by atoms with Crippen LogP contribution < -0.4 is 0 Å². The molecule has 12 heteroatoms. The van der Waals surface area contributed by atoms with Crippen LogP contribution >= 0.6 is 0 Å². The van der Waals surface area contributed by atoms with Gasteiger partial charge in [0.15, 0.2) is 0 Å². The fourth-order valence-corrected chi connectivity index (χ4v) is 5.46. The molecule has 228 valence electrons. The molecule has 0 spiro atoms. The summed E-state index contributed by atoms with van der Waals surface area (Å²) in [5, 5.41) is 0. The van der Waals surface area contributed by atoms with Crippen molar-refractivity contribution in [2.24, 2.45) is 11.8 Å². The molecule has 4 rings (SSSR count). The van der Waals surface area contributed by atoms with E-state index in [2.05, 4.69) is 0 Å². The molecule has 6 amide bonds. The van der Waals surface area contributed by atoms with Crippen LogP contribution in [0.25, 0.3) is 0 Å². The number of rotatable bonds is 10. The van der Waals surface area contributed by atoms with E-state index >= 15 is 0 Å². The van der Waals surface area contributed by atoms with Crippen LogP contribution in [0.5, 0.6) is 0 Å². The molecule has 0 radical (unpaired) electrons. The summed E-state index contributed by atoms with van der Waals surface area (Å²) in [6, 6.07) is 10.0. The molecule has 0 bridgehead atoms. The van der Waals surface area contributed by atoms with Gasteiger partial charge in [0.05, 0.1) is 38.4 Å². The molecule has 2 fully saturated rings. The number of hydrogen-bond acceptors (Lipinski definition) is 8. The van der Waals surface area contributed by atoms with Crippen LogP contribution in [0.15, 0.2) is 48.5 Å². The monoisotopic (exact) mass is 592 g/mol. The second-order valence-electron chi connectivity index (χ2n) is 11.2. The highest BCUT2D eigenvalue weighted by atomic mass is 16.5. The van der Waals surface area contributed by atoms with Gasteiger partial charge in [-0.1, -0.05) is 52.0 Å². The molecule has 43 heavy (non-hydrogen) atoms. The Morgan fingerprint density at radius 1 is 0.628 bits per heavy atom. The number of imide groups is 2. The lowest BCUT2D eigenvalue weighted by Gasteiger charge is -2.32. The number of esters is 2. The molecule has 0 aromatic heterocycles. The molecule has 0 aliphatic carbocycles. The maximum atomic E-state index is 13.7. The first-order valence-electron chi connectivity index (χ1n) is 14.0. The largest absolute Gasteiger partial charge is 0.465 e. The summed E-state index contributed by atoms with van der Waals surface area (Å²) in [6.45, 7) is 6.99. The zero-order chi connectivity index (χ0) is 31.6. The van der Waals surface area contributed by atoms with E-state index in [9.17, 15) is 28.8 Å². The molecule has 2 unspecified atom stereocenters. The Labute approximate surface area is 250 Å². The van der Waals surface area contributed by atoms with Crippen LogP contribution in [-0.2, 0) is 32.2 Å². The van der Waals surface area contributed by atoms with Crippen molar-refractivity contribution < 1.29 is 38.2 Å². The maximum Gasteiger partial charge on any atom is 0.337 e. The third-order valence-electron chi connectivity index (χ3n) is 7.66. The number of benzene rings is 2. The Morgan fingerprint density at radius 3 is 1.23 bits per heavy atom. The van der Waals surface area contributed by atoms with Gasteiger partial charge in [0.2, 0.25) is 0 Å². The minimum absolute atomic E-state index is 0.0208. The normalized spacial score (nSPS) is 18.9. The molecule has 2 aromatic rings. The van der Waals surface area contributed by atoms with Gasteiger partial charge in [-0.3, -0.25) is 29.2 Å². The van der Waals surface area contributed by atoms with Crippen molar-refractivity contribution >= 4 is 35.8 Å². The number of amides is 6. The SMILES string of the molecule is COC(=O)c1ccc(CN2C(=O)C(C(C)C)N(CN3C(=O)N(Cc4ccc(C(=O)OC)cc4)C(=O)C3C(C)C)C2=O)cc1. The van der Waals surface area contributed by atoms with E-state index in [1.54, 1.807) is 48.5 Å². The van der Waals surface area contributed by atoms with Gasteiger partial charge in [0, 0.05) is 0 Å². The highest BCUT2D eigenvalue weighted by molar-refractivity contribution is 6.06. The van der Waals surface area contributed by atoms with Crippen LogP contribution in [-0.4, -0.2) is 88.4 Å². The lowest BCUT2D eigenvalue weighted by molar-refractivity contribution is -0.130. The molecule has 0 saturated carbocycles. The van der Waals surface area contributed by atoms with E-state index < -0.39 is 47.9 Å². The Hall–Kier alpha value is -4.74. The molecular formula is C31H36N4O8. The first-order chi connectivity index (χ1) is 20.4. The second-order valence-corrected chi connectivity index (χ2v) is 11.2. The van der Waals surface area contributed by atoms with Crippen molar-refractivity contribution in [2.45, 2.75) is 52.9 Å². The third-order valence-corrected chi connectivity index (χ3v) is 7.66. The number of ether oxygens (including phenoxy) is 2. The number of carbonyl (C=O) groups excluding carboxylic acids is 6. The third kappa shape index (κ3) is 6.08. The zero-order valence-corrected chi connectivity index (χ0v) is 25.1. The van der Waals surface area contributed by atoms with E-state index in [1.165, 1.54) is 24.0 Å². The van der Waals surface area contributed by atoms with Crippen molar-refractivity contribution in [1.29, 1.82) is 0 Å². The van der Waals surface area contributed by atoms with Gasteiger partial charge in [-0.15, -0.1) is 0 Å². The number of methoxy groups -OCH3 is 2. The maximum absolute atomic E-state index is 13.7. The number of carbonyl (C=O) groups is 6. The standard InChI is InChI=1S/C31H36N4O8/c1-18(2)24-26(36)32(15-20-7-11-22(12-8-20)28(38)42-5)30(40)34(24)17-35-25(19(3)4)27(37)33(31(35)41)16-21-9-13-23(14-10-21)29(39)43-6/h7-14,18-19,24-25H,15-17H2,1-6H3. The van der Waals surface area contributed by atoms with Crippen molar-refractivity contribution in [3.63, 3.8) is 0 Å². The summed E-state index contributed by atoms with van der Waals surface area (Å²) in [5.41, 5.74) is 1.95. The van der Waals surface area contributed by atoms with Crippen LogP contribution in [0.4, 0.5) is 9.59 Å². The Morgan fingerprint density at radius 2 is 0.953 bits per heavy atom. The van der Waals surface area contributed by atoms with Crippen LogP contribution in [0.2, 0.25) is 0 Å². The Balaban J connectivity index is 1.56. The van der Waals surface area contributed by atoms with Crippen LogP contribution in [0, 0.1) is 11.8 Å². The highest BCUT2D eigenvalue weighted by Gasteiger charge is 2.52. The molecule has 12 nitrogen and oxygen atoms in total. The van der Waals surface area contributed by atoms with E-state index in [4.69, 9.17) is 9.47 Å². The average Bonchev–Trinajstić information content (AvgIpc) is 3.36. The first kappa shape index (κ1) is 31.2. The average molecular weight is 593 g/mol. The van der Waals surface area contributed by atoms with Gasteiger partial charge in [-0.2, -0.15) is 0 Å². The minimum atomic E-state index is -0.836. The summed E-state index contributed by atoms with van der Waals surface area (Å²) >= 11 is 0. The van der Waals surface area contributed by atoms with E-state index in [0.29, 0.717) is 22.3 Å². The van der Waals surface area contributed by atoms with E-state index in [1.807, 2.05) is 27.7 Å². The van der Waals surface area contributed by atoms with Crippen molar-refractivity contribution in [3.05, 3.63) is 70.8 Å². The fourth-order valence-electron chi connectivity index (χ4n) is 5.46. The number of urea groups is 2.